The lowest BCUT2D eigenvalue weighted by Crippen LogP contribution is -2.22. The van der Waals surface area contributed by atoms with E-state index in [9.17, 15) is 5.11 Å². The van der Waals surface area contributed by atoms with Crippen LogP contribution in [0.2, 0.25) is 5.02 Å². The molecule has 23 heavy (non-hydrogen) atoms. The normalized spacial score (nSPS) is 12.4. The minimum Gasteiger partial charge on any atom is -0.389 e. The van der Waals surface area contributed by atoms with Gasteiger partial charge in [-0.15, -0.1) is 0 Å². The van der Waals surface area contributed by atoms with Crippen molar-refractivity contribution in [3.05, 3.63) is 71.8 Å². The molecule has 1 unspecified atom stereocenters. The number of benzene rings is 1. The van der Waals surface area contributed by atoms with Crippen molar-refractivity contribution in [1.29, 1.82) is 0 Å². The van der Waals surface area contributed by atoms with Crippen LogP contribution in [0.5, 0.6) is 0 Å². The minimum absolute atomic E-state index is 0.251. The molecule has 0 aliphatic carbocycles. The zero-order chi connectivity index (χ0) is 16.1. The van der Waals surface area contributed by atoms with Crippen LogP contribution in [0, 0.1) is 0 Å². The van der Waals surface area contributed by atoms with Crippen molar-refractivity contribution in [2.45, 2.75) is 19.3 Å². The molecule has 0 saturated carbocycles. The molecule has 2 heterocycles. The van der Waals surface area contributed by atoms with Gasteiger partial charge in [0, 0.05) is 23.6 Å². The van der Waals surface area contributed by atoms with E-state index in [0.717, 1.165) is 11.3 Å². The molecule has 0 bridgehead atoms. The van der Waals surface area contributed by atoms with Gasteiger partial charge in [0.05, 0.1) is 37.7 Å². The standard InChI is InChI=1S/C17H18ClN3O2/c18-15-5-3-14(4-6-15)12-23-13-17(22)11-21-10-16(9-19-21)20-7-1-2-8-20/h1-10,17,22H,11-13H2. The number of hydrogen-bond donors (Lipinski definition) is 1. The molecule has 0 spiro atoms. The topological polar surface area (TPSA) is 52.2 Å². The van der Waals surface area contributed by atoms with Crippen LogP contribution in [0.15, 0.2) is 61.2 Å². The SMILES string of the molecule is OC(COCc1ccc(Cl)cc1)Cn1cc(-n2cccc2)cn1. The zero-order valence-electron chi connectivity index (χ0n) is 12.5. The highest BCUT2D eigenvalue weighted by atomic mass is 35.5. The largest absolute Gasteiger partial charge is 0.389 e. The Hall–Kier alpha value is -2.08. The van der Waals surface area contributed by atoms with Gasteiger partial charge in [-0.3, -0.25) is 4.68 Å². The van der Waals surface area contributed by atoms with E-state index in [2.05, 4.69) is 5.10 Å². The fourth-order valence-corrected chi connectivity index (χ4v) is 2.38. The zero-order valence-corrected chi connectivity index (χ0v) is 13.3. The lowest BCUT2D eigenvalue weighted by atomic mass is 10.2. The Morgan fingerprint density at radius 1 is 1.17 bits per heavy atom. The van der Waals surface area contributed by atoms with E-state index < -0.39 is 6.10 Å². The molecule has 0 amide bonds. The number of aliphatic hydroxyl groups is 1. The summed E-state index contributed by atoms with van der Waals surface area (Å²) in [7, 11) is 0. The third-order valence-electron chi connectivity index (χ3n) is 3.41. The van der Waals surface area contributed by atoms with Crippen molar-refractivity contribution in [1.82, 2.24) is 14.3 Å². The van der Waals surface area contributed by atoms with Gasteiger partial charge in [0.1, 0.15) is 0 Å². The molecule has 3 rings (SSSR count). The molecule has 1 N–H and O–H groups in total. The minimum atomic E-state index is -0.611. The summed E-state index contributed by atoms with van der Waals surface area (Å²) in [6.07, 6.45) is 6.95. The third kappa shape index (κ3) is 4.45. The lowest BCUT2D eigenvalue weighted by molar-refractivity contribution is 0.0187. The molecular weight excluding hydrogens is 314 g/mol. The van der Waals surface area contributed by atoms with Gasteiger partial charge < -0.3 is 14.4 Å². The van der Waals surface area contributed by atoms with Gasteiger partial charge in [-0.25, -0.2) is 0 Å². The Bertz CT molecular complexity index is 723. The molecule has 1 aromatic carbocycles. The lowest BCUT2D eigenvalue weighted by Gasteiger charge is -2.11. The second-order valence-corrected chi connectivity index (χ2v) is 5.74. The summed E-state index contributed by atoms with van der Waals surface area (Å²) in [5, 5.41) is 15.0. The molecular formula is C17H18ClN3O2. The van der Waals surface area contributed by atoms with E-state index in [0.29, 0.717) is 18.2 Å². The average Bonchev–Trinajstić information content (AvgIpc) is 3.20. The van der Waals surface area contributed by atoms with Gasteiger partial charge in [-0.05, 0) is 29.8 Å². The Balaban J connectivity index is 1.46. The van der Waals surface area contributed by atoms with Gasteiger partial charge in [0.2, 0.25) is 0 Å². The van der Waals surface area contributed by atoms with Crippen LogP contribution in [-0.4, -0.2) is 32.2 Å². The molecule has 0 saturated heterocycles. The van der Waals surface area contributed by atoms with Crippen LogP contribution in [0.4, 0.5) is 0 Å². The summed E-state index contributed by atoms with van der Waals surface area (Å²) in [6, 6.07) is 11.4. The number of hydrogen-bond acceptors (Lipinski definition) is 3. The highest BCUT2D eigenvalue weighted by molar-refractivity contribution is 6.30. The molecule has 1 atom stereocenters. The van der Waals surface area contributed by atoms with Crippen molar-refractivity contribution < 1.29 is 9.84 Å². The maximum atomic E-state index is 10.1. The molecule has 0 aliphatic heterocycles. The van der Waals surface area contributed by atoms with E-state index in [4.69, 9.17) is 16.3 Å². The molecule has 0 aliphatic rings. The smallest absolute Gasteiger partial charge is 0.0969 e. The summed E-state index contributed by atoms with van der Waals surface area (Å²) < 4.78 is 9.21. The number of aromatic nitrogens is 3. The molecule has 3 aromatic rings. The molecule has 120 valence electrons. The van der Waals surface area contributed by atoms with Gasteiger partial charge in [0.15, 0.2) is 0 Å². The number of nitrogens with zero attached hydrogens (tertiary/aromatic N) is 3. The van der Waals surface area contributed by atoms with E-state index in [1.807, 2.05) is 59.6 Å². The van der Waals surface area contributed by atoms with Crippen molar-refractivity contribution in [2.75, 3.05) is 6.61 Å². The van der Waals surface area contributed by atoms with Crippen LogP contribution in [0.25, 0.3) is 5.69 Å². The first kappa shape index (κ1) is 15.8. The van der Waals surface area contributed by atoms with Crippen LogP contribution < -0.4 is 0 Å². The predicted molar refractivity (Wildman–Crippen MR) is 88.7 cm³/mol. The van der Waals surface area contributed by atoms with Gasteiger partial charge in [-0.1, -0.05) is 23.7 Å². The summed E-state index contributed by atoms with van der Waals surface area (Å²) >= 11 is 5.83. The second-order valence-electron chi connectivity index (χ2n) is 5.31. The van der Waals surface area contributed by atoms with E-state index in [1.54, 1.807) is 10.9 Å². The van der Waals surface area contributed by atoms with Crippen molar-refractivity contribution in [2.24, 2.45) is 0 Å². The number of aliphatic hydroxyl groups excluding tert-OH is 1. The molecule has 5 nitrogen and oxygen atoms in total. The van der Waals surface area contributed by atoms with Gasteiger partial charge in [-0.2, -0.15) is 5.10 Å². The van der Waals surface area contributed by atoms with Crippen LogP contribution in [0.1, 0.15) is 5.56 Å². The summed E-state index contributed by atoms with van der Waals surface area (Å²) in [5.74, 6) is 0. The first-order valence-corrected chi connectivity index (χ1v) is 7.74. The Morgan fingerprint density at radius 3 is 2.65 bits per heavy atom. The first-order chi connectivity index (χ1) is 11.2. The van der Waals surface area contributed by atoms with Crippen LogP contribution in [-0.2, 0) is 17.9 Å². The highest BCUT2D eigenvalue weighted by Crippen LogP contribution is 2.11. The monoisotopic (exact) mass is 331 g/mol. The molecule has 6 heteroatoms. The fourth-order valence-electron chi connectivity index (χ4n) is 2.25. The predicted octanol–water partition coefficient (Wildman–Crippen LogP) is 2.90. The number of ether oxygens (including phenoxy) is 1. The average molecular weight is 332 g/mol. The Kier molecular flexibility index (Phi) is 5.12. The Labute approximate surface area is 139 Å². The van der Waals surface area contributed by atoms with Crippen LogP contribution in [0.3, 0.4) is 0 Å². The Morgan fingerprint density at radius 2 is 1.91 bits per heavy atom. The third-order valence-corrected chi connectivity index (χ3v) is 3.66. The molecule has 2 aromatic heterocycles. The van der Waals surface area contributed by atoms with E-state index >= 15 is 0 Å². The second kappa shape index (κ2) is 7.46. The van der Waals surface area contributed by atoms with E-state index in [-0.39, 0.29) is 6.61 Å². The number of rotatable bonds is 7. The quantitative estimate of drug-likeness (QED) is 0.724. The molecule has 0 radical (unpaired) electrons. The molecule has 0 fully saturated rings. The maximum absolute atomic E-state index is 10.1. The summed E-state index contributed by atoms with van der Waals surface area (Å²) in [4.78, 5) is 0. The van der Waals surface area contributed by atoms with Crippen LogP contribution >= 0.6 is 11.6 Å². The fraction of sp³-hybridized carbons (Fsp3) is 0.235. The van der Waals surface area contributed by atoms with Crippen molar-refractivity contribution in [3.8, 4) is 5.69 Å². The summed E-state index contributed by atoms with van der Waals surface area (Å²) in [6.45, 7) is 1.09. The first-order valence-electron chi connectivity index (χ1n) is 7.37. The summed E-state index contributed by atoms with van der Waals surface area (Å²) in [5.41, 5.74) is 1.99. The van der Waals surface area contributed by atoms with Gasteiger partial charge in [0.25, 0.3) is 0 Å². The highest BCUT2D eigenvalue weighted by Gasteiger charge is 2.08. The van der Waals surface area contributed by atoms with E-state index in [1.165, 1.54) is 0 Å². The van der Waals surface area contributed by atoms with Gasteiger partial charge >= 0.3 is 0 Å². The maximum Gasteiger partial charge on any atom is 0.0969 e. The van der Waals surface area contributed by atoms with Crippen molar-refractivity contribution >= 4 is 11.6 Å². The number of halogens is 1. The van der Waals surface area contributed by atoms with Crippen molar-refractivity contribution in [3.63, 3.8) is 0 Å².